The normalized spacial score (nSPS) is 16.5. The van der Waals surface area contributed by atoms with Crippen LogP contribution in [-0.2, 0) is 6.42 Å². The SMILES string of the molecule is Cc1c(C(C)NC2CCN(CCc3ccccc3)CC2)cnn1-c1ccc(F)cc1F. The minimum Gasteiger partial charge on any atom is -0.307 e. The number of hydrogen-bond donors (Lipinski definition) is 1. The van der Waals surface area contributed by atoms with Crippen molar-refractivity contribution < 1.29 is 8.78 Å². The van der Waals surface area contributed by atoms with E-state index in [1.165, 1.54) is 17.7 Å². The van der Waals surface area contributed by atoms with Crippen molar-refractivity contribution in [3.8, 4) is 5.69 Å². The number of piperidine rings is 1. The molecule has 1 atom stereocenters. The fraction of sp³-hybridized carbons (Fsp3) is 0.400. The van der Waals surface area contributed by atoms with Crippen LogP contribution in [0.2, 0.25) is 0 Å². The third kappa shape index (κ3) is 5.20. The number of nitrogens with one attached hydrogen (secondary N) is 1. The topological polar surface area (TPSA) is 33.1 Å². The summed E-state index contributed by atoms with van der Waals surface area (Å²) in [6, 6.07) is 14.8. The van der Waals surface area contributed by atoms with Crippen LogP contribution in [0.3, 0.4) is 0 Å². The van der Waals surface area contributed by atoms with E-state index in [1.807, 2.05) is 6.92 Å². The predicted molar refractivity (Wildman–Crippen MR) is 119 cm³/mol. The molecule has 0 radical (unpaired) electrons. The lowest BCUT2D eigenvalue weighted by molar-refractivity contribution is 0.194. The van der Waals surface area contributed by atoms with Gasteiger partial charge in [-0.15, -0.1) is 0 Å². The molecule has 1 N–H and O–H groups in total. The Bertz CT molecular complexity index is 994. The molecule has 1 saturated heterocycles. The van der Waals surface area contributed by atoms with E-state index in [4.69, 9.17) is 0 Å². The van der Waals surface area contributed by atoms with E-state index in [-0.39, 0.29) is 11.7 Å². The van der Waals surface area contributed by atoms with Crippen LogP contribution < -0.4 is 5.32 Å². The van der Waals surface area contributed by atoms with Gasteiger partial charge in [-0.1, -0.05) is 30.3 Å². The summed E-state index contributed by atoms with van der Waals surface area (Å²) >= 11 is 0. The van der Waals surface area contributed by atoms with Crippen LogP contribution >= 0.6 is 0 Å². The minimum absolute atomic E-state index is 0.109. The first kappa shape index (κ1) is 21.7. The van der Waals surface area contributed by atoms with Crippen molar-refractivity contribution >= 4 is 0 Å². The van der Waals surface area contributed by atoms with E-state index in [9.17, 15) is 8.78 Å². The highest BCUT2D eigenvalue weighted by molar-refractivity contribution is 5.37. The number of aromatic nitrogens is 2. The van der Waals surface area contributed by atoms with Crippen molar-refractivity contribution in [2.75, 3.05) is 19.6 Å². The van der Waals surface area contributed by atoms with Gasteiger partial charge in [0, 0.05) is 36.0 Å². The van der Waals surface area contributed by atoms with E-state index in [1.54, 1.807) is 10.9 Å². The number of halogens is 2. The molecule has 4 rings (SSSR count). The molecule has 0 saturated carbocycles. The summed E-state index contributed by atoms with van der Waals surface area (Å²) in [5, 5.41) is 8.09. The molecule has 0 spiro atoms. The Morgan fingerprint density at radius 2 is 1.84 bits per heavy atom. The van der Waals surface area contributed by atoms with E-state index in [0.29, 0.717) is 6.04 Å². The van der Waals surface area contributed by atoms with Crippen LogP contribution in [0.1, 0.15) is 42.6 Å². The summed E-state index contributed by atoms with van der Waals surface area (Å²) in [6.07, 6.45) is 5.09. The highest BCUT2D eigenvalue weighted by Gasteiger charge is 2.23. The van der Waals surface area contributed by atoms with Gasteiger partial charge in [0.05, 0.1) is 6.20 Å². The standard InChI is InChI=1S/C25H30F2N4/c1-18(23-17-28-31(19(23)2)25-9-8-21(26)16-24(25)27)29-22-11-14-30(15-12-22)13-10-20-6-4-3-5-7-20/h3-9,16-18,22,29H,10-15H2,1-2H3. The lowest BCUT2D eigenvalue weighted by Gasteiger charge is -2.34. The first-order chi connectivity index (χ1) is 15.0. The molecule has 3 aromatic rings. The summed E-state index contributed by atoms with van der Waals surface area (Å²) in [7, 11) is 0. The average molecular weight is 425 g/mol. The van der Waals surface area contributed by atoms with Crippen LogP contribution in [0.15, 0.2) is 54.7 Å². The molecule has 31 heavy (non-hydrogen) atoms. The molecule has 164 valence electrons. The lowest BCUT2D eigenvalue weighted by Crippen LogP contribution is -2.43. The number of rotatable bonds is 7. The van der Waals surface area contributed by atoms with Gasteiger partial charge >= 0.3 is 0 Å². The molecular formula is C25H30F2N4. The van der Waals surface area contributed by atoms with Gasteiger partial charge in [0.25, 0.3) is 0 Å². The lowest BCUT2D eigenvalue weighted by atomic mass is 10.0. The van der Waals surface area contributed by atoms with Gasteiger partial charge in [-0.3, -0.25) is 0 Å². The highest BCUT2D eigenvalue weighted by atomic mass is 19.1. The zero-order valence-electron chi connectivity index (χ0n) is 18.2. The largest absolute Gasteiger partial charge is 0.307 e. The van der Waals surface area contributed by atoms with Crippen molar-refractivity contribution in [3.63, 3.8) is 0 Å². The second kappa shape index (κ2) is 9.71. The van der Waals surface area contributed by atoms with Crippen molar-refractivity contribution in [3.05, 3.63) is 83.2 Å². The third-order valence-electron chi connectivity index (χ3n) is 6.29. The Balaban J connectivity index is 1.31. The van der Waals surface area contributed by atoms with E-state index < -0.39 is 11.6 Å². The van der Waals surface area contributed by atoms with Crippen molar-refractivity contribution in [1.82, 2.24) is 20.0 Å². The molecule has 2 heterocycles. The quantitative estimate of drug-likeness (QED) is 0.591. The molecule has 1 unspecified atom stereocenters. The van der Waals surface area contributed by atoms with Crippen molar-refractivity contribution in [2.45, 2.75) is 45.2 Å². The number of benzene rings is 2. The molecule has 1 aliphatic rings. The van der Waals surface area contributed by atoms with Gasteiger partial charge in [0.2, 0.25) is 0 Å². The van der Waals surface area contributed by atoms with Crippen molar-refractivity contribution in [1.29, 1.82) is 0 Å². The summed E-state index contributed by atoms with van der Waals surface area (Å²) in [4.78, 5) is 2.54. The smallest absolute Gasteiger partial charge is 0.151 e. The Morgan fingerprint density at radius 1 is 1.10 bits per heavy atom. The van der Waals surface area contributed by atoms with Gasteiger partial charge < -0.3 is 10.2 Å². The Hall–Kier alpha value is -2.57. The summed E-state index contributed by atoms with van der Waals surface area (Å²) < 4.78 is 29.0. The summed E-state index contributed by atoms with van der Waals surface area (Å²) in [5.41, 5.74) is 3.56. The molecule has 4 nitrogen and oxygen atoms in total. The van der Waals surface area contributed by atoms with Gasteiger partial charge in [-0.05, 0) is 63.9 Å². The van der Waals surface area contributed by atoms with E-state index in [0.717, 1.165) is 56.2 Å². The van der Waals surface area contributed by atoms with Crippen LogP contribution in [0, 0.1) is 18.6 Å². The Labute approximate surface area is 182 Å². The minimum atomic E-state index is -0.610. The zero-order chi connectivity index (χ0) is 21.8. The van der Waals surface area contributed by atoms with E-state index >= 15 is 0 Å². The first-order valence-corrected chi connectivity index (χ1v) is 11.0. The summed E-state index contributed by atoms with van der Waals surface area (Å²) in [5.74, 6) is -1.20. The highest BCUT2D eigenvalue weighted by Crippen LogP contribution is 2.24. The number of hydrogen-bond acceptors (Lipinski definition) is 3. The van der Waals surface area contributed by atoms with Crippen molar-refractivity contribution in [2.24, 2.45) is 0 Å². The maximum Gasteiger partial charge on any atom is 0.151 e. The fourth-order valence-corrected chi connectivity index (χ4v) is 4.44. The van der Waals surface area contributed by atoms with Crippen LogP contribution in [0.25, 0.3) is 5.69 Å². The molecule has 1 aromatic heterocycles. The Kier molecular flexibility index (Phi) is 6.78. The average Bonchev–Trinajstić information content (AvgIpc) is 3.15. The molecule has 0 amide bonds. The molecule has 6 heteroatoms. The van der Waals surface area contributed by atoms with Gasteiger partial charge in [0.15, 0.2) is 5.82 Å². The third-order valence-corrected chi connectivity index (χ3v) is 6.29. The monoisotopic (exact) mass is 424 g/mol. The number of likely N-dealkylation sites (tertiary alicyclic amines) is 1. The number of nitrogens with zero attached hydrogens (tertiary/aromatic N) is 3. The first-order valence-electron chi connectivity index (χ1n) is 11.0. The second-order valence-corrected chi connectivity index (χ2v) is 8.43. The molecule has 0 aliphatic carbocycles. The van der Waals surface area contributed by atoms with Crippen LogP contribution in [0.5, 0.6) is 0 Å². The van der Waals surface area contributed by atoms with Crippen LogP contribution in [0.4, 0.5) is 8.78 Å². The summed E-state index contributed by atoms with van der Waals surface area (Å²) in [6.45, 7) is 7.33. The van der Waals surface area contributed by atoms with Crippen LogP contribution in [-0.4, -0.2) is 40.4 Å². The predicted octanol–water partition coefficient (Wildman–Crippen LogP) is 4.82. The zero-order valence-corrected chi connectivity index (χ0v) is 18.2. The van der Waals surface area contributed by atoms with Gasteiger partial charge in [0.1, 0.15) is 11.5 Å². The second-order valence-electron chi connectivity index (χ2n) is 8.43. The van der Waals surface area contributed by atoms with Gasteiger partial charge in [-0.2, -0.15) is 5.10 Å². The molecule has 0 bridgehead atoms. The maximum absolute atomic E-state index is 14.2. The fourth-order valence-electron chi connectivity index (χ4n) is 4.44. The van der Waals surface area contributed by atoms with E-state index in [2.05, 4.69) is 52.6 Å². The molecule has 1 aliphatic heterocycles. The van der Waals surface area contributed by atoms with Gasteiger partial charge in [-0.25, -0.2) is 13.5 Å². The molecular weight excluding hydrogens is 394 g/mol. The molecule has 2 aromatic carbocycles. The molecule has 1 fully saturated rings. The Morgan fingerprint density at radius 3 is 2.55 bits per heavy atom. The maximum atomic E-state index is 14.2.